The standard InChI is InChI=1S/C22H25F3N4O/c1-4-6-15(7-5-2)27-8-9-28-20-18(27)10-13(3)26-21(20)29(22(28)30)19-16(24)11-14(23)12-17(19)25/h10-12,15H,4-9H2,1-3H3. The van der Waals surface area contributed by atoms with Gasteiger partial charge in [-0.15, -0.1) is 0 Å². The van der Waals surface area contributed by atoms with Gasteiger partial charge in [-0.25, -0.2) is 27.5 Å². The maximum absolute atomic E-state index is 14.6. The minimum atomic E-state index is -1.13. The van der Waals surface area contributed by atoms with Crippen LogP contribution in [0.15, 0.2) is 23.0 Å². The average Bonchev–Trinajstić information content (AvgIpc) is 2.94. The molecule has 0 amide bonds. The largest absolute Gasteiger partial charge is 0.365 e. The number of pyridine rings is 1. The van der Waals surface area contributed by atoms with Crippen molar-refractivity contribution in [3.63, 3.8) is 0 Å². The summed E-state index contributed by atoms with van der Waals surface area (Å²) in [7, 11) is 0. The molecule has 0 atom stereocenters. The summed E-state index contributed by atoms with van der Waals surface area (Å²) in [4.78, 5) is 19.9. The van der Waals surface area contributed by atoms with Gasteiger partial charge in [0.25, 0.3) is 0 Å². The molecule has 160 valence electrons. The van der Waals surface area contributed by atoms with Gasteiger partial charge < -0.3 is 4.90 Å². The van der Waals surface area contributed by atoms with E-state index in [4.69, 9.17) is 0 Å². The highest BCUT2D eigenvalue weighted by Gasteiger charge is 2.31. The van der Waals surface area contributed by atoms with Crippen molar-refractivity contribution in [2.24, 2.45) is 0 Å². The summed E-state index contributed by atoms with van der Waals surface area (Å²) in [5.41, 5.74) is 1.09. The third-order valence-electron chi connectivity index (χ3n) is 5.75. The van der Waals surface area contributed by atoms with Crippen molar-refractivity contribution in [2.75, 3.05) is 11.4 Å². The molecule has 30 heavy (non-hydrogen) atoms. The predicted molar refractivity (Wildman–Crippen MR) is 111 cm³/mol. The number of anilines is 1. The molecule has 0 unspecified atom stereocenters. The van der Waals surface area contributed by atoms with Crippen molar-refractivity contribution in [3.05, 3.63) is 51.8 Å². The third kappa shape index (κ3) is 3.18. The fourth-order valence-electron chi connectivity index (χ4n) is 4.56. The number of aromatic nitrogens is 3. The summed E-state index contributed by atoms with van der Waals surface area (Å²) >= 11 is 0. The van der Waals surface area contributed by atoms with Gasteiger partial charge in [-0.3, -0.25) is 4.57 Å². The molecular formula is C22H25F3N4O. The van der Waals surface area contributed by atoms with Gasteiger partial charge >= 0.3 is 5.69 Å². The summed E-state index contributed by atoms with van der Waals surface area (Å²) in [6.45, 7) is 7.11. The van der Waals surface area contributed by atoms with Crippen LogP contribution in [-0.4, -0.2) is 26.7 Å². The molecule has 8 heteroatoms. The fourth-order valence-corrected chi connectivity index (χ4v) is 4.56. The van der Waals surface area contributed by atoms with Crippen LogP contribution in [0.3, 0.4) is 0 Å². The molecule has 3 heterocycles. The normalized spacial score (nSPS) is 13.6. The molecule has 2 aromatic heterocycles. The fraction of sp³-hybridized carbons (Fsp3) is 0.455. The first-order chi connectivity index (χ1) is 14.4. The van der Waals surface area contributed by atoms with Gasteiger partial charge in [-0.05, 0) is 25.8 Å². The van der Waals surface area contributed by atoms with Crippen LogP contribution < -0.4 is 10.6 Å². The zero-order valence-corrected chi connectivity index (χ0v) is 17.4. The Morgan fingerprint density at radius 2 is 1.67 bits per heavy atom. The van der Waals surface area contributed by atoms with Crippen molar-refractivity contribution < 1.29 is 13.2 Å². The van der Waals surface area contributed by atoms with Gasteiger partial charge in [0.1, 0.15) is 17.0 Å². The molecular weight excluding hydrogens is 393 g/mol. The zero-order valence-electron chi connectivity index (χ0n) is 17.4. The first kappa shape index (κ1) is 20.5. The molecule has 4 rings (SSSR count). The molecule has 0 N–H and O–H groups in total. The first-order valence-electron chi connectivity index (χ1n) is 10.4. The zero-order chi connectivity index (χ0) is 21.6. The van der Waals surface area contributed by atoms with E-state index in [0.29, 0.717) is 42.5 Å². The predicted octanol–water partition coefficient (Wildman–Crippen LogP) is 4.70. The van der Waals surface area contributed by atoms with Gasteiger partial charge in [0.05, 0.1) is 5.69 Å². The van der Waals surface area contributed by atoms with E-state index >= 15 is 0 Å². The van der Waals surface area contributed by atoms with Crippen LogP contribution in [0.1, 0.15) is 45.2 Å². The van der Waals surface area contributed by atoms with E-state index in [-0.39, 0.29) is 5.65 Å². The Morgan fingerprint density at radius 3 is 2.27 bits per heavy atom. The van der Waals surface area contributed by atoms with Crippen molar-refractivity contribution in [1.82, 2.24) is 14.1 Å². The minimum absolute atomic E-state index is 0.191. The Bertz CT molecular complexity index is 1140. The molecule has 0 aliphatic carbocycles. The monoisotopic (exact) mass is 418 g/mol. The highest BCUT2D eigenvalue weighted by atomic mass is 19.1. The average molecular weight is 418 g/mol. The molecule has 0 fully saturated rings. The second-order valence-corrected chi connectivity index (χ2v) is 7.87. The lowest BCUT2D eigenvalue weighted by Crippen LogP contribution is -2.42. The maximum atomic E-state index is 14.6. The number of rotatable bonds is 6. The summed E-state index contributed by atoms with van der Waals surface area (Å²) in [6.07, 6.45) is 4.11. The van der Waals surface area contributed by atoms with Crippen molar-refractivity contribution in [2.45, 2.75) is 59.0 Å². The lowest BCUT2D eigenvalue weighted by molar-refractivity contribution is 0.479. The van der Waals surface area contributed by atoms with Crippen molar-refractivity contribution in [1.29, 1.82) is 0 Å². The molecule has 0 saturated heterocycles. The van der Waals surface area contributed by atoms with E-state index in [1.54, 1.807) is 6.92 Å². The lowest BCUT2D eigenvalue weighted by Gasteiger charge is -2.37. The van der Waals surface area contributed by atoms with E-state index in [1.807, 2.05) is 6.07 Å². The number of halogens is 3. The van der Waals surface area contributed by atoms with Crippen LogP contribution in [0.2, 0.25) is 0 Å². The van der Waals surface area contributed by atoms with E-state index in [0.717, 1.165) is 35.9 Å². The Kier molecular flexibility index (Phi) is 5.34. The molecule has 3 aromatic rings. The third-order valence-corrected chi connectivity index (χ3v) is 5.75. The van der Waals surface area contributed by atoms with Crippen LogP contribution >= 0.6 is 0 Å². The topological polar surface area (TPSA) is 43.1 Å². The summed E-state index contributed by atoms with van der Waals surface area (Å²) in [5.74, 6) is -3.30. The van der Waals surface area contributed by atoms with Crippen molar-refractivity contribution in [3.8, 4) is 5.69 Å². The van der Waals surface area contributed by atoms with Crippen LogP contribution in [0.5, 0.6) is 0 Å². The van der Waals surface area contributed by atoms with Crippen LogP contribution in [-0.2, 0) is 6.54 Å². The highest BCUT2D eigenvalue weighted by molar-refractivity contribution is 5.89. The van der Waals surface area contributed by atoms with Gasteiger partial charge in [-0.1, -0.05) is 26.7 Å². The Balaban J connectivity index is 2.00. The lowest BCUT2D eigenvalue weighted by atomic mass is 10.0. The molecule has 0 bridgehead atoms. The Hall–Kier alpha value is -2.77. The molecule has 0 radical (unpaired) electrons. The van der Waals surface area contributed by atoms with Crippen molar-refractivity contribution >= 4 is 16.9 Å². The Morgan fingerprint density at radius 1 is 1.03 bits per heavy atom. The van der Waals surface area contributed by atoms with Crippen LogP contribution in [0.4, 0.5) is 18.9 Å². The molecule has 1 aliphatic rings. The molecule has 1 aliphatic heterocycles. The first-order valence-corrected chi connectivity index (χ1v) is 10.4. The smallest absolute Gasteiger partial charge is 0.335 e. The number of hydrogen-bond donors (Lipinski definition) is 0. The quantitative estimate of drug-likeness (QED) is 0.583. The SMILES string of the molecule is CCCC(CCC)N1CCn2c(=O)n(-c3c(F)cc(F)cc3F)c3nc(C)cc1c32. The van der Waals surface area contributed by atoms with E-state index in [2.05, 4.69) is 23.7 Å². The molecule has 5 nitrogen and oxygen atoms in total. The molecule has 0 spiro atoms. The van der Waals surface area contributed by atoms with E-state index in [9.17, 15) is 18.0 Å². The summed E-state index contributed by atoms with van der Waals surface area (Å²) in [6, 6.07) is 3.40. The summed E-state index contributed by atoms with van der Waals surface area (Å²) < 4.78 is 45.0. The molecule has 1 aromatic carbocycles. The van der Waals surface area contributed by atoms with E-state index in [1.165, 1.54) is 4.57 Å². The van der Waals surface area contributed by atoms with Gasteiger partial charge in [0, 0.05) is 37.0 Å². The van der Waals surface area contributed by atoms with Crippen LogP contribution in [0, 0.1) is 24.4 Å². The van der Waals surface area contributed by atoms with E-state index < -0.39 is 28.8 Å². The molecule has 0 saturated carbocycles. The second kappa shape index (κ2) is 7.81. The second-order valence-electron chi connectivity index (χ2n) is 7.87. The maximum Gasteiger partial charge on any atom is 0.335 e. The summed E-state index contributed by atoms with van der Waals surface area (Å²) in [5, 5.41) is 0. The number of benzene rings is 1. The number of nitrogens with zero attached hydrogens (tertiary/aromatic N) is 4. The minimum Gasteiger partial charge on any atom is -0.365 e. The number of hydrogen-bond acceptors (Lipinski definition) is 3. The van der Waals surface area contributed by atoms with Gasteiger partial charge in [-0.2, -0.15) is 0 Å². The van der Waals surface area contributed by atoms with Gasteiger partial charge in [0.2, 0.25) is 0 Å². The number of imidazole rings is 1. The highest BCUT2D eigenvalue weighted by Crippen LogP contribution is 2.34. The van der Waals surface area contributed by atoms with Gasteiger partial charge in [0.15, 0.2) is 17.3 Å². The number of aryl methyl sites for hydroxylation is 1. The van der Waals surface area contributed by atoms with Crippen LogP contribution in [0.25, 0.3) is 16.9 Å². The Labute approximate surface area is 172 Å².